The maximum atomic E-state index is 13.4. The number of hydrogen-bond acceptors (Lipinski definition) is 10. The summed E-state index contributed by atoms with van der Waals surface area (Å²) in [6.45, 7) is 5.76. The Morgan fingerprint density at radius 2 is 1.97 bits per heavy atom. The molecule has 1 aromatic heterocycles. The number of ether oxygens (including phenoxy) is 3. The summed E-state index contributed by atoms with van der Waals surface area (Å²) in [7, 11) is 0. The number of esters is 1. The predicted octanol–water partition coefficient (Wildman–Crippen LogP) is 3.53. The minimum Gasteiger partial charge on any atom is -0.431 e. The standard InChI is InChI=1S/C25H33N3O7S2/c1-13-19-18(14(2)29)22(30)28(19)20(21(13)37-17-11-27-10-9-26-24(27)36-12-17)23(31)33-15(3)34-25(32)35-16-7-5-4-6-8-16/h9-10,13-19,29H,4-8,11-12H2,1-3H3/t13-,14-,15?,17+,18-,19-/m1/s1. The Kier molecular flexibility index (Phi) is 7.78. The molecule has 6 atom stereocenters. The summed E-state index contributed by atoms with van der Waals surface area (Å²) in [5, 5.41) is 11.4. The van der Waals surface area contributed by atoms with Crippen LogP contribution in [0.25, 0.3) is 0 Å². The van der Waals surface area contributed by atoms with E-state index < -0.39 is 30.4 Å². The number of carbonyl (C=O) groups excluding carboxylic acids is 3. The van der Waals surface area contributed by atoms with Crippen molar-refractivity contribution in [3.05, 3.63) is 23.0 Å². The lowest BCUT2D eigenvalue weighted by Gasteiger charge is -2.46. The van der Waals surface area contributed by atoms with Gasteiger partial charge in [0.2, 0.25) is 12.2 Å². The van der Waals surface area contributed by atoms with Crippen molar-refractivity contribution < 1.29 is 33.7 Å². The van der Waals surface area contributed by atoms with Crippen LogP contribution in [-0.2, 0) is 30.3 Å². The van der Waals surface area contributed by atoms with Crippen LogP contribution in [0.15, 0.2) is 28.2 Å². The second-order valence-electron chi connectivity index (χ2n) is 10.1. The minimum absolute atomic E-state index is 0.147. The normalized spacial score (nSPS) is 29.2. The molecule has 1 saturated carbocycles. The number of imidazole rings is 1. The highest BCUT2D eigenvalue weighted by Crippen LogP contribution is 2.52. The lowest BCUT2D eigenvalue weighted by Crippen LogP contribution is -2.63. The number of aromatic nitrogens is 2. The Morgan fingerprint density at radius 1 is 1.22 bits per heavy atom. The topological polar surface area (TPSA) is 120 Å². The van der Waals surface area contributed by atoms with Gasteiger partial charge in [0.05, 0.1) is 18.1 Å². The van der Waals surface area contributed by atoms with Gasteiger partial charge in [0.15, 0.2) is 5.16 Å². The van der Waals surface area contributed by atoms with Gasteiger partial charge >= 0.3 is 12.1 Å². The number of amides is 1. The molecule has 2 fully saturated rings. The van der Waals surface area contributed by atoms with E-state index in [9.17, 15) is 19.5 Å². The first kappa shape index (κ1) is 26.4. The Hall–Kier alpha value is -2.18. The monoisotopic (exact) mass is 551 g/mol. The van der Waals surface area contributed by atoms with Gasteiger partial charge in [-0.1, -0.05) is 25.1 Å². The maximum Gasteiger partial charge on any atom is 0.511 e. The summed E-state index contributed by atoms with van der Waals surface area (Å²) < 4.78 is 18.1. The van der Waals surface area contributed by atoms with E-state index in [1.54, 1.807) is 36.6 Å². The average Bonchev–Trinajstić information content (AvgIpc) is 3.40. The van der Waals surface area contributed by atoms with Crippen molar-refractivity contribution in [1.82, 2.24) is 14.5 Å². The molecule has 1 unspecified atom stereocenters. The molecule has 0 radical (unpaired) electrons. The van der Waals surface area contributed by atoms with Crippen molar-refractivity contribution in [2.45, 2.75) is 94.4 Å². The van der Waals surface area contributed by atoms with Gasteiger partial charge in [-0.2, -0.15) is 0 Å². The van der Waals surface area contributed by atoms with E-state index in [1.165, 1.54) is 11.8 Å². The second-order valence-corrected chi connectivity index (χ2v) is 12.4. The maximum absolute atomic E-state index is 13.4. The van der Waals surface area contributed by atoms with E-state index in [0.717, 1.165) is 54.5 Å². The van der Waals surface area contributed by atoms with Crippen LogP contribution in [0.3, 0.4) is 0 Å². The highest BCUT2D eigenvalue weighted by atomic mass is 32.2. The first-order valence-corrected chi connectivity index (χ1v) is 14.7. The van der Waals surface area contributed by atoms with Crippen molar-refractivity contribution in [3.8, 4) is 0 Å². The van der Waals surface area contributed by atoms with E-state index in [0.29, 0.717) is 0 Å². The first-order chi connectivity index (χ1) is 17.7. The van der Waals surface area contributed by atoms with Crippen LogP contribution in [0.4, 0.5) is 4.79 Å². The van der Waals surface area contributed by atoms with E-state index in [1.807, 2.05) is 13.1 Å². The summed E-state index contributed by atoms with van der Waals surface area (Å²) in [4.78, 5) is 45.2. The van der Waals surface area contributed by atoms with E-state index in [-0.39, 0.29) is 34.9 Å². The van der Waals surface area contributed by atoms with Crippen LogP contribution < -0.4 is 0 Å². The molecule has 3 aliphatic heterocycles. The van der Waals surface area contributed by atoms with Gasteiger partial charge in [-0.05, 0) is 32.6 Å². The van der Waals surface area contributed by atoms with Crippen molar-refractivity contribution in [1.29, 1.82) is 0 Å². The molecular formula is C25H33N3O7S2. The summed E-state index contributed by atoms with van der Waals surface area (Å²) in [5.41, 5.74) is 0.182. The van der Waals surface area contributed by atoms with Gasteiger partial charge < -0.3 is 28.8 Å². The Balaban J connectivity index is 1.29. The quantitative estimate of drug-likeness (QED) is 0.306. The fourth-order valence-electron chi connectivity index (χ4n) is 5.65. The van der Waals surface area contributed by atoms with Crippen molar-refractivity contribution >= 4 is 41.6 Å². The SMILES string of the molecule is CC(OC(=O)OC1CCCCC1)OC(=O)C1=C(S[C@@H]2CSc3nccn3C2)[C@H](C)[C@@H]2[C@@H]([C@@H](C)O)C(=O)N12. The minimum atomic E-state index is -1.18. The zero-order valence-corrected chi connectivity index (χ0v) is 22.8. The molecule has 0 spiro atoms. The molecule has 5 rings (SSSR count). The molecule has 12 heteroatoms. The number of aliphatic hydroxyl groups excluding tert-OH is 1. The second kappa shape index (κ2) is 10.9. The highest BCUT2D eigenvalue weighted by molar-refractivity contribution is 8.05. The van der Waals surface area contributed by atoms with Crippen LogP contribution in [0, 0.1) is 11.8 Å². The molecule has 202 valence electrons. The Morgan fingerprint density at radius 3 is 2.70 bits per heavy atom. The lowest BCUT2D eigenvalue weighted by molar-refractivity contribution is -0.174. The lowest BCUT2D eigenvalue weighted by atomic mass is 9.79. The molecule has 1 saturated heterocycles. The van der Waals surface area contributed by atoms with Crippen molar-refractivity contribution in [2.24, 2.45) is 11.8 Å². The number of hydrogen-bond donors (Lipinski definition) is 1. The molecule has 1 aromatic rings. The number of fused-ring (bicyclic) bond motifs is 2. The summed E-state index contributed by atoms with van der Waals surface area (Å²) >= 11 is 3.22. The predicted molar refractivity (Wildman–Crippen MR) is 136 cm³/mol. The molecular weight excluding hydrogens is 518 g/mol. The largest absolute Gasteiger partial charge is 0.511 e. The van der Waals surface area contributed by atoms with Crippen LogP contribution in [0.1, 0.15) is 52.9 Å². The first-order valence-electron chi connectivity index (χ1n) is 12.9. The average molecular weight is 552 g/mol. The van der Waals surface area contributed by atoms with Crippen molar-refractivity contribution in [2.75, 3.05) is 5.75 Å². The molecule has 4 heterocycles. The number of aliphatic hydroxyl groups is 1. The smallest absolute Gasteiger partial charge is 0.431 e. The molecule has 1 aliphatic carbocycles. The fraction of sp³-hybridized carbons (Fsp3) is 0.680. The molecule has 0 bridgehead atoms. The number of nitrogens with zero attached hydrogens (tertiary/aromatic N) is 3. The third-order valence-corrected chi connectivity index (χ3v) is 10.3. The highest BCUT2D eigenvalue weighted by Gasteiger charge is 2.60. The Bertz CT molecular complexity index is 1080. The Labute approximate surface area is 224 Å². The zero-order valence-electron chi connectivity index (χ0n) is 21.2. The number of β-lactam (4-membered cyclic amide) rings is 1. The molecule has 4 aliphatic rings. The van der Waals surface area contributed by atoms with Gasteiger partial charge in [-0.3, -0.25) is 4.79 Å². The summed E-state index contributed by atoms with van der Waals surface area (Å²) in [6, 6.07) is -0.315. The van der Waals surface area contributed by atoms with Crippen LogP contribution >= 0.6 is 23.5 Å². The molecule has 1 N–H and O–H groups in total. The summed E-state index contributed by atoms with van der Waals surface area (Å²) in [5.74, 6) is -0.929. The molecule has 0 aromatic carbocycles. The van der Waals surface area contributed by atoms with Gasteiger partial charge in [0.1, 0.15) is 11.8 Å². The van der Waals surface area contributed by atoms with Crippen LogP contribution in [0.5, 0.6) is 0 Å². The fourth-order valence-corrected chi connectivity index (χ4v) is 8.24. The van der Waals surface area contributed by atoms with Crippen molar-refractivity contribution in [3.63, 3.8) is 0 Å². The molecule has 1 amide bonds. The third-order valence-electron chi connectivity index (χ3n) is 7.42. The van der Waals surface area contributed by atoms with Gasteiger partial charge in [0.25, 0.3) is 0 Å². The van der Waals surface area contributed by atoms with E-state index >= 15 is 0 Å². The summed E-state index contributed by atoms with van der Waals surface area (Å²) in [6.07, 6.45) is 5.42. The number of rotatable bonds is 7. The number of thioether (sulfide) groups is 2. The van der Waals surface area contributed by atoms with Gasteiger partial charge in [-0.25, -0.2) is 14.6 Å². The van der Waals surface area contributed by atoms with E-state index in [4.69, 9.17) is 14.2 Å². The van der Waals surface area contributed by atoms with E-state index in [2.05, 4.69) is 9.55 Å². The molecule has 37 heavy (non-hydrogen) atoms. The van der Waals surface area contributed by atoms with Gasteiger partial charge in [0, 0.05) is 47.7 Å². The third kappa shape index (κ3) is 5.24. The van der Waals surface area contributed by atoms with Gasteiger partial charge in [-0.15, -0.1) is 11.8 Å². The molecule has 10 nitrogen and oxygen atoms in total. The van der Waals surface area contributed by atoms with Crippen LogP contribution in [0.2, 0.25) is 0 Å². The number of carbonyl (C=O) groups is 3. The zero-order chi connectivity index (χ0) is 26.3. The van der Waals surface area contributed by atoms with Crippen LogP contribution in [-0.4, -0.2) is 73.1 Å².